The van der Waals surface area contributed by atoms with Crippen LogP contribution < -0.4 is 5.32 Å². The molecular formula is C9H13N3O2. The zero-order valence-electron chi connectivity index (χ0n) is 8.04. The minimum Gasteiger partial charge on any atom is -0.464 e. The lowest BCUT2D eigenvalue weighted by Gasteiger charge is -2.25. The minimum atomic E-state index is -0.365. The first kappa shape index (κ1) is 9.21. The highest BCUT2D eigenvalue weighted by Crippen LogP contribution is 2.10. The molecule has 0 bridgehead atoms. The second-order valence-corrected chi connectivity index (χ2v) is 3.46. The van der Waals surface area contributed by atoms with E-state index in [4.69, 9.17) is 0 Å². The van der Waals surface area contributed by atoms with Crippen molar-refractivity contribution in [2.24, 2.45) is 5.92 Å². The molecule has 0 amide bonds. The third-order valence-electron chi connectivity index (χ3n) is 2.38. The van der Waals surface area contributed by atoms with Gasteiger partial charge in [0.2, 0.25) is 0 Å². The highest BCUT2D eigenvalue weighted by Gasteiger charge is 2.19. The Labute approximate surface area is 81.9 Å². The van der Waals surface area contributed by atoms with Gasteiger partial charge in [0, 0.05) is 6.42 Å². The van der Waals surface area contributed by atoms with Crippen molar-refractivity contribution in [2.45, 2.75) is 6.42 Å². The first-order valence-corrected chi connectivity index (χ1v) is 4.62. The van der Waals surface area contributed by atoms with Gasteiger partial charge in [0.05, 0.1) is 13.3 Å². The normalized spacial score (nSPS) is 16.4. The van der Waals surface area contributed by atoms with Gasteiger partial charge in [-0.2, -0.15) is 0 Å². The van der Waals surface area contributed by atoms with Crippen LogP contribution in [0.3, 0.4) is 0 Å². The number of H-pyrrole nitrogens is 1. The molecule has 1 aliphatic rings. The fourth-order valence-electron chi connectivity index (χ4n) is 1.45. The van der Waals surface area contributed by atoms with Gasteiger partial charge in [-0.15, -0.1) is 0 Å². The van der Waals surface area contributed by atoms with Gasteiger partial charge >= 0.3 is 5.97 Å². The number of nitrogens with zero attached hydrogens (tertiary/aromatic N) is 1. The molecule has 1 aromatic heterocycles. The Bertz CT molecular complexity index is 331. The summed E-state index contributed by atoms with van der Waals surface area (Å²) in [6.45, 7) is 2.07. The van der Waals surface area contributed by atoms with Crippen LogP contribution in [0.4, 0.5) is 0 Å². The number of aromatic nitrogens is 2. The fourth-order valence-corrected chi connectivity index (χ4v) is 1.45. The summed E-state index contributed by atoms with van der Waals surface area (Å²) in [5.74, 6) is 1.14. The number of carbonyl (C=O) groups is 1. The molecule has 0 atom stereocenters. The third-order valence-corrected chi connectivity index (χ3v) is 2.38. The molecule has 1 fully saturated rings. The zero-order chi connectivity index (χ0) is 9.97. The van der Waals surface area contributed by atoms with Gasteiger partial charge in [-0.25, -0.2) is 9.78 Å². The predicted octanol–water partition coefficient (Wildman–Crippen LogP) is -0.0418. The summed E-state index contributed by atoms with van der Waals surface area (Å²) in [6.07, 6.45) is 2.41. The number of ether oxygens (including phenoxy) is 1. The Balaban J connectivity index is 1.98. The van der Waals surface area contributed by atoms with Crippen LogP contribution in [0, 0.1) is 5.92 Å². The maximum atomic E-state index is 11.1. The van der Waals surface area contributed by atoms with Crippen LogP contribution in [0.15, 0.2) is 6.20 Å². The summed E-state index contributed by atoms with van der Waals surface area (Å²) in [5.41, 5.74) is 0.426. The molecule has 0 unspecified atom stereocenters. The van der Waals surface area contributed by atoms with Crippen molar-refractivity contribution < 1.29 is 9.53 Å². The van der Waals surface area contributed by atoms with Crippen molar-refractivity contribution in [3.8, 4) is 0 Å². The standard InChI is InChI=1S/C9H13N3O2/c1-14-9(13)7-5-11-8(12-7)2-6-3-10-4-6/h5-6,10H,2-4H2,1H3,(H,11,12). The van der Waals surface area contributed by atoms with Crippen molar-refractivity contribution in [3.63, 3.8) is 0 Å². The van der Waals surface area contributed by atoms with Crippen molar-refractivity contribution in [3.05, 3.63) is 17.7 Å². The molecule has 14 heavy (non-hydrogen) atoms. The third kappa shape index (κ3) is 1.77. The maximum absolute atomic E-state index is 11.1. The summed E-state index contributed by atoms with van der Waals surface area (Å²) in [6, 6.07) is 0. The van der Waals surface area contributed by atoms with Crippen LogP contribution in [0.1, 0.15) is 16.3 Å². The number of nitrogens with one attached hydrogen (secondary N) is 2. The van der Waals surface area contributed by atoms with Gasteiger partial charge in [0.1, 0.15) is 11.5 Å². The Morgan fingerprint density at radius 1 is 1.71 bits per heavy atom. The van der Waals surface area contributed by atoms with E-state index in [0.29, 0.717) is 11.6 Å². The molecule has 0 radical (unpaired) electrons. The number of rotatable bonds is 3. The van der Waals surface area contributed by atoms with Gasteiger partial charge in [0.25, 0.3) is 0 Å². The summed E-state index contributed by atoms with van der Waals surface area (Å²) >= 11 is 0. The Morgan fingerprint density at radius 3 is 3.07 bits per heavy atom. The first-order chi connectivity index (χ1) is 6.79. The lowest BCUT2D eigenvalue weighted by molar-refractivity contribution is 0.0594. The highest BCUT2D eigenvalue weighted by molar-refractivity contribution is 5.86. The average Bonchev–Trinajstić information content (AvgIpc) is 2.58. The SMILES string of the molecule is COC(=O)c1cnc(CC2CNC2)[nH]1. The molecule has 0 saturated carbocycles. The molecule has 2 rings (SSSR count). The van der Waals surface area contributed by atoms with E-state index in [2.05, 4.69) is 20.0 Å². The van der Waals surface area contributed by atoms with Gasteiger partial charge in [-0.1, -0.05) is 0 Å². The van der Waals surface area contributed by atoms with E-state index < -0.39 is 0 Å². The molecule has 1 aromatic rings. The van der Waals surface area contributed by atoms with Gasteiger partial charge < -0.3 is 15.0 Å². The maximum Gasteiger partial charge on any atom is 0.356 e. The van der Waals surface area contributed by atoms with Crippen LogP contribution in [0.25, 0.3) is 0 Å². The van der Waals surface area contributed by atoms with E-state index in [1.807, 2.05) is 0 Å². The van der Waals surface area contributed by atoms with Crippen LogP contribution in [-0.4, -0.2) is 36.1 Å². The second kappa shape index (κ2) is 3.79. The van der Waals surface area contributed by atoms with Crippen molar-refractivity contribution >= 4 is 5.97 Å². The molecule has 2 heterocycles. The van der Waals surface area contributed by atoms with E-state index >= 15 is 0 Å². The Kier molecular flexibility index (Phi) is 2.49. The fraction of sp³-hybridized carbons (Fsp3) is 0.556. The lowest BCUT2D eigenvalue weighted by Crippen LogP contribution is -2.43. The molecule has 76 valence electrons. The zero-order valence-corrected chi connectivity index (χ0v) is 8.04. The van der Waals surface area contributed by atoms with Crippen LogP contribution >= 0.6 is 0 Å². The van der Waals surface area contributed by atoms with Crippen LogP contribution in [0.2, 0.25) is 0 Å². The largest absolute Gasteiger partial charge is 0.464 e. The number of imidazole rings is 1. The monoisotopic (exact) mass is 195 g/mol. The summed E-state index contributed by atoms with van der Waals surface area (Å²) < 4.78 is 4.57. The Hall–Kier alpha value is -1.36. The van der Waals surface area contributed by atoms with Crippen LogP contribution in [-0.2, 0) is 11.2 Å². The van der Waals surface area contributed by atoms with Gasteiger partial charge in [-0.05, 0) is 19.0 Å². The highest BCUT2D eigenvalue weighted by atomic mass is 16.5. The Morgan fingerprint density at radius 2 is 2.50 bits per heavy atom. The number of carbonyl (C=O) groups excluding carboxylic acids is 1. The number of hydrogen-bond acceptors (Lipinski definition) is 4. The first-order valence-electron chi connectivity index (χ1n) is 4.62. The molecule has 0 aliphatic carbocycles. The van der Waals surface area contributed by atoms with Crippen molar-refractivity contribution in [1.29, 1.82) is 0 Å². The summed E-state index contributed by atoms with van der Waals surface area (Å²) in [7, 11) is 1.36. The molecular weight excluding hydrogens is 182 g/mol. The number of methoxy groups -OCH3 is 1. The average molecular weight is 195 g/mol. The van der Waals surface area contributed by atoms with E-state index in [-0.39, 0.29) is 5.97 Å². The molecule has 5 heteroatoms. The van der Waals surface area contributed by atoms with Crippen molar-refractivity contribution in [2.75, 3.05) is 20.2 Å². The van der Waals surface area contributed by atoms with Gasteiger partial charge in [-0.3, -0.25) is 0 Å². The molecule has 0 spiro atoms. The summed E-state index contributed by atoms with van der Waals surface area (Å²) in [4.78, 5) is 18.2. The predicted molar refractivity (Wildman–Crippen MR) is 50.0 cm³/mol. The smallest absolute Gasteiger partial charge is 0.356 e. The molecule has 0 aromatic carbocycles. The second-order valence-electron chi connectivity index (χ2n) is 3.46. The molecule has 1 aliphatic heterocycles. The summed E-state index contributed by atoms with van der Waals surface area (Å²) in [5, 5.41) is 3.19. The molecule has 1 saturated heterocycles. The molecule has 2 N–H and O–H groups in total. The van der Waals surface area contributed by atoms with Gasteiger partial charge in [0.15, 0.2) is 0 Å². The van der Waals surface area contributed by atoms with Crippen LogP contribution in [0.5, 0.6) is 0 Å². The van der Waals surface area contributed by atoms with E-state index in [0.717, 1.165) is 25.3 Å². The number of hydrogen-bond donors (Lipinski definition) is 2. The van der Waals surface area contributed by atoms with E-state index in [1.165, 1.54) is 13.3 Å². The van der Waals surface area contributed by atoms with E-state index in [1.54, 1.807) is 0 Å². The minimum absolute atomic E-state index is 0.365. The van der Waals surface area contributed by atoms with E-state index in [9.17, 15) is 4.79 Å². The lowest BCUT2D eigenvalue weighted by atomic mass is 9.99. The number of esters is 1. The quantitative estimate of drug-likeness (QED) is 0.664. The molecule has 5 nitrogen and oxygen atoms in total. The van der Waals surface area contributed by atoms with Crippen molar-refractivity contribution in [1.82, 2.24) is 15.3 Å². The topological polar surface area (TPSA) is 67.0 Å². The number of aromatic amines is 1.